The minimum Gasteiger partial charge on any atom is -0.432 e. The average molecular weight is 357 g/mol. The number of imide groups is 1. The topological polar surface area (TPSA) is 72.5 Å². The van der Waals surface area contributed by atoms with Gasteiger partial charge in [-0.3, -0.25) is 14.9 Å². The van der Waals surface area contributed by atoms with Crippen molar-refractivity contribution in [3.63, 3.8) is 0 Å². The van der Waals surface area contributed by atoms with Crippen LogP contribution < -0.4 is 5.32 Å². The third-order valence-electron chi connectivity index (χ3n) is 8.93. The molecule has 0 aromatic heterocycles. The van der Waals surface area contributed by atoms with Crippen molar-refractivity contribution in [3.05, 3.63) is 11.6 Å². The van der Waals surface area contributed by atoms with Gasteiger partial charge < -0.3 is 4.74 Å². The summed E-state index contributed by atoms with van der Waals surface area (Å²) in [5, 5.41) is 2.39. The molecule has 0 bridgehead atoms. The number of nitrogens with one attached hydrogen (secondary N) is 1. The minimum atomic E-state index is -0.959. The highest BCUT2D eigenvalue weighted by molar-refractivity contribution is 6.03. The van der Waals surface area contributed by atoms with Crippen molar-refractivity contribution >= 4 is 17.8 Å². The molecule has 3 saturated carbocycles. The zero-order valence-electron chi connectivity index (χ0n) is 15.6. The van der Waals surface area contributed by atoms with E-state index in [2.05, 4.69) is 19.2 Å². The van der Waals surface area contributed by atoms with E-state index in [0.717, 1.165) is 38.5 Å². The molecule has 2 amide bonds. The third kappa shape index (κ3) is 1.79. The molecule has 0 radical (unpaired) electrons. The maximum atomic E-state index is 12.7. The number of allylic oxidation sites excluding steroid dienone is 1. The van der Waals surface area contributed by atoms with E-state index in [1.54, 1.807) is 0 Å². The minimum absolute atomic E-state index is 0.128. The van der Waals surface area contributed by atoms with Crippen LogP contribution in [0, 0.1) is 28.6 Å². The lowest BCUT2D eigenvalue weighted by Gasteiger charge is -2.58. The highest BCUT2D eigenvalue weighted by Crippen LogP contribution is 2.68. The van der Waals surface area contributed by atoms with Crippen molar-refractivity contribution in [2.75, 3.05) is 0 Å². The summed E-state index contributed by atoms with van der Waals surface area (Å²) in [7, 11) is 0. The number of carbonyl (C=O) groups is 3. The second-order valence-electron chi connectivity index (χ2n) is 9.63. The van der Waals surface area contributed by atoms with Crippen LogP contribution in [0.1, 0.15) is 65.2 Å². The molecule has 0 unspecified atom stereocenters. The first-order valence-electron chi connectivity index (χ1n) is 10.1. The van der Waals surface area contributed by atoms with Crippen molar-refractivity contribution in [1.29, 1.82) is 0 Å². The third-order valence-corrected chi connectivity index (χ3v) is 8.93. The number of hydrogen-bond acceptors (Lipinski definition) is 4. The van der Waals surface area contributed by atoms with Gasteiger partial charge in [0, 0.05) is 11.8 Å². The van der Waals surface area contributed by atoms with Gasteiger partial charge in [-0.15, -0.1) is 0 Å². The number of amides is 2. The van der Waals surface area contributed by atoms with Crippen molar-refractivity contribution in [2.24, 2.45) is 28.6 Å². The van der Waals surface area contributed by atoms with Crippen molar-refractivity contribution in [2.45, 2.75) is 70.8 Å². The van der Waals surface area contributed by atoms with E-state index in [9.17, 15) is 14.4 Å². The summed E-state index contributed by atoms with van der Waals surface area (Å²) in [4.78, 5) is 36.4. The Hall–Kier alpha value is -1.65. The average Bonchev–Trinajstić information content (AvgIpc) is 3.05. The van der Waals surface area contributed by atoms with Crippen LogP contribution in [0.4, 0.5) is 4.79 Å². The molecule has 5 aliphatic rings. The van der Waals surface area contributed by atoms with E-state index in [4.69, 9.17) is 4.74 Å². The van der Waals surface area contributed by atoms with Crippen molar-refractivity contribution < 1.29 is 19.1 Å². The van der Waals surface area contributed by atoms with Crippen LogP contribution in [0.15, 0.2) is 11.6 Å². The summed E-state index contributed by atoms with van der Waals surface area (Å²) >= 11 is 0. The van der Waals surface area contributed by atoms with Crippen LogP contribution in [0.5, 0.6) is 0 Å². The summed E-state index contributed by atoms with van der Waals surface area (Å²) in [5.74, 6) is 1.59. The van der Waals surface area contributed by atoms with E-state index in [1.807, 2.05) is 6.08 Å². The fraction of sp³-hybridized carbons (Fsp3) is 0.762. The van der Waals surface area contributed by atoms with Gasteiger partial charge in [-0.1, -0.05) is 19.4 Å². The largest absolute Gasteiger partial charge is 0.432 e. The Bertz CT molecular complexity index is 757. The molecule has 6 atom stereocenters. The Morgan fingerprint density at radius 1 is 1.00 bits per heavy atom. The Balaban J connectivity index is 1.51. The van der Waals surface area contributed by atoms with Gasteiger partial charge in [0.05, 0.1) is 0 Å². The van der Waals surface area contributed by atoms with E-state index < -0.39 is 11.7 Å². The van der Waals surface area contributed by atoms with Gasteiger partial charge >= 0.3 is 6.09 Å². The first-order valence-corrected chi connectivity index (χ1v) is 10.1. The highest BCUT2D eigenvalue weighted by Gasteiger charge is 2.70. The molecule has 1 saturated heterocycles. The summed E-state index contributed by atoms with van der Waals surface area (Å²) in [6.07, 6.45) is 8.61. The molecule has 0 aromatic rings. The molecule has 5 heteroatoms. The number of hydrogen-bond donors (Lipinski definition) is 1. The summed E-state index contributed by atoms with van der Waals surface area (Å²) < 4.78 is 5.66. The molecule has 1 spiro atoms. The molecule has 140 valence electrons. The van der Waals surface area contributed by atoms with Crippen LogP contribution in [-0.2, 0) is 14.3 Å². The molecule has 5 rings (SSSR count). The Kier molecular flexibility index (Phi) is 3.17. The Labute approximate surface area is 153 Å². The van der Waals surface area contributed by atoms with Crippen LogP contribution >= 0.6 is 0 Å². The van der Waals surface area contributed by atoms with E-state index in [0.29, 0.717) is 30.6 Å². The SMILES string of the molecule is C[C@]12CCC(=O)C=C1CC[C@@H]1[C@@H]2CC[C@@]2(C)[C@H]1CC[C@@]21OC(=O)NC1=O. The molecular formula is C21H27NO4. The molecule has 5 nitrogen and oxygen atoms in total. The smallest absolute Gasteiger partial charge is 0.415 e. The van der Waals surface area contributed by atoms with Crippen molar-refractivity contribution in [1.82, 2.24) is 5.32 Å². The lowest BCUT2D eigenvalue weighted by molar-refractivity contribution is -0.152. The predicted octanol–water partition coefficient (Wildman–Crippen LogP) is 3.52. The normalized spacial score (nSPS) is 49.8. The number of ketones is 1. The van der Waals surface area contributed by atoms with Crippen LogP contribution in [0.2, 0.25) is 0 Å². The van der Waals surface area contributed by atoms with Crippen molar-refractivity contribution in [3.8, 4) is 0 Å². The Morgan fingerprint density at radius 3 is 2.50 bits per heavy atom. The zero-order chi connectivity index (χ0) is 18.3. The molecular weight excluding hydrogens is 330 g/mol. The van der Waals surface area contributed by atoms with Crippen LogP contribution in [0.25, 0.3) is 0 Å². The van der Waals surface area contributed by atoms with E-state index >= 15 is 0 Å². The molecule has 4 fully saturated rings. The van der Waals surface area contributed by atoms with E-state index in [1.165, 1.54) is 5.57 Å². The second-order valence-corrected chi connectivity index (χ2v) is 9.63. The first kappa shape index (κ1) is 16.5. The second kappa shape index (κ2) is 4.99. The number of alkyl carbamates (subject to hydrolysis) is 1. The van der Waals surface area contributed by atoms with Crippen LogP contribution in [0.3, 0.4) is 0 Å². The molecule has 1 aliphatic heterocycles. The monoisotopic (exact) mass is 357 g/mol. The maximum Gasteiger partial charge on any atom is 0.415 e. The summed E-state index contributed by atoms with van der Waals surface area (Å²) in [5.41, 5.74) is 0.255. The number of rotatable bonds is 0. The Morgan fingerprint density at radius 2 is 1.77 bits per heavy atom. The van der Waals surface area contributed by atoms with Gasteiger partial charge in [0.2, 0.25) is 0 Å². The van der Waals surface area contributed by atoms with Gasteiger partial charge in [0.15, 0.2) is 11.4 Å². The van der Waals surface area contributed by atoms with Gasteiger partial charge in [-0.05, 0) is 74.2 Å². The van der Waals surface area contributed by atoms with Gasteiger partial charge in [0.1, 0.15) is 0 Å². The fourth-order valence-electron chi connectivity index (χ4n) is 7.52. The number of fused-ring (bicyclic) bond motifs is 6. The summed E-state index contributed by atoms with van der Waals surface area (Å²) in [6.45, 7) is 4.54. The fourth-order valence-corrected chi connectivity index (χ4v) is 7.52. The molecule has 1 heterocycles. The molecule has 1 N–H and O–H groups in total. The first-order chi connectivity index (χ1) is 12.3. The maximum absolute atomic E-state index is 12.7. The van der Waals surface area contributed by atoms with Gasteiger partial charge in [-0.25, -0.2) is 4.79 Å². The summed E-state index contributed by atoms with van der Waals surface area (Å²) in [6, 6.07) is 0. The van der Waals surface area contributed by atoms with Gasteiger partial charge in [0.25, 0.3) is 5.91 Å². The quantitative estimate of drug-likeness (QED) is 0.720. The molecule has 4 aliphatic carbocycles. The molecule has 26 heavy (non-hydrogen) atoms. The van der Waals surface area contributed by atoms with Crippen LogP contribution in [-0.4, -0.2) is 23.4 Å². The lowest BCUT2D eigenvalue weighted by atomic mass is 9.46. The zero-order valence-corrected chi connectivity index (χ0v) is 15.6. The highest BCUT2D eigenvalue weighted by atomic mass is 16.6. The number of ether oxygens (including phenoxy) is 1. The standard InChI is InChI=1S/C21H27NO4/c1-19-8-5-13(23)11-12(19)3-4-14-15(19)6-9-20(2)16(14)7-10-21(20)17(24)22-18(25)26-21/h11,14-16H,3-10H2,1-2H3,(H,22,24,25)/t14-,15+,16+,19+,20+,21+/m1/s1. The number of carbonyl (C=O) groups excluding carboxylic acids is 3. The van der Waals surface area contributed by atoms with Gasteiger partial charge in [-0.2, -0.15) is 0 Å². The van der Waals surface area contributed by atoms with E-state index in [-0.39, 0.29) is 22.5 Å². The lowest BCUT2D eigenvalue weighted by Crippen LogP contribution is -2.57. The predicted molar refractivity (Wildman–Crippen MR) is 94.1 cm³/mol. The molecule has 0 aromatic carbocycles.